The molecule has 0 aromatic heterocycles. The van der Waals surface area contributed by atoms with E-state index in [1.165, 1.54) is 43.3 Å². The van der Waals surface area contributed by atoms with Crippen molar-refractivity contribution in [2.24, 2.45) is 29.1 Å². The Hall–Kier alpha value is -4.72. The number of hydrogen-bond acceptors (Lipinski definition) is 13. The Kier molecular flexibility index (Phi) is 10.4. The Morgan fingerprint density at radius 2 is 1.27 bits per heavy atom. The fourth-order valence-corrected chi connectivity index (χ4v) is 8.07. The lowest BCUT2D eigenvalue weighted by Gasteiger charge is -2.43. The summed E-state index contributed by atoms with van der Waals surface area (Å²) in [6.07, 6.45) is -10.1. The lowest BCUT2D eigenvalue weighted by Crippen LogP contribution is -2.62. The number of hydrogen-bond donors (Lipinski definition) is 3. The van der Waals surface area contributed by atoms with Crippen LogP contribution in [-0.4, -0.2) is 92.5 Å². The zero-order chi connectivity index (χ0) is 38.5. The third-order valence-electron chi connectivity index (χ3n) is 10.9. The summed E-state index contributed by atoms with van der Waals surface area (Å²) in [7, 11) is 0. The minimum Gasteiger partial charge on any atom is -0.459 e. The molecule has 3 aliphatic carbocycles. The van der Waals surface area contributed by atoms with E-state index in [2.05, 4.69) is 6.58 Å². The van der Waals surface area contributed by atoms with Gasteiger partial charge in [-0.2, -0.15) is 0 Å². The molecule has 13 nitrogen and oxygen atoms in total. The second-order valence-electron chi connectivity index (χ2n) is 14.7. The van der Waals surface area contributed by atoms with Gasteiger partial charge in [-0.25, -0.2) is 9.59 Å². The Morgan fingerprint density at radius 1 is 0.769 bits per heavy atom. The van der Waals surface area contributed by atoms with Crippen molar-refractivity contribution in [3.05, 3.63) is 83.9 Å². The van der Waals surface area contributed by atoms with E-state index in [9.17, 15) is 44.1 Å². The van der Waals surface area contributed by atoms with Crippen LogP contribution in [0.3, 0.4) is 0 Å². The topological polar surface area (TPSA) is 200 Å². The molecule has 278 valence electrons. The molecule has 3 fully saturated rings. The van der Waals surface area contributed by atoms with Gasteiger partial charge in [-0.3, -0.25) is 19.2 Å². The van der Waals surface area contributed by atoms with Gasteiger partial charge in [-0.05, 0) is 49.4 Å². The van der Waals surface area contributed by atoms with Crippen LogP contribution < -0.4 is 0 Å². The maximum atomic E-state index is 15.0. The van der Waals surface area contributed by atoms with Gasteiger partial charge in [-0.1, -0.05) is 63.7 Å². The van der Waals surface area contributed by atoms with Crippen LogP contribution in [-0.2, 0) is 38.1 Å². The van der Waals surface area contributed by atoms with Crippen molar-refractivity contribution in [2.75, 3.05) is 0 Å². The van der Waals surface area contributed by atoms with Crippen LogP contribution in [0.2, 0.25) is 0 Å². The lowest BCUT2D eigenvalue weighted by atomic mass is 9.70. The molecule has 0 radical (unpaired) electrons. The molecule has 0 saturated heterocycles. The highest BCUT2D eigenvalue weighted by Gasteiger charge is 2.77. The first-order chi connectivity index (χ1) is 24.3. The van der Waals surface area contributed by atoms with Crippen LogP contribution in [0.4, 0.5) is 0 Å². The highest BCUT2D eigenvalue weighted by molar-refractivity contribution is 5.96. The van der Waals surface area contributed by atoms with Gasteiger partial charge in [0.2, 0.25) is 5.60 Å². The number of ketones is 2. The average molecular weight is 721 g/mol. The highest BCUT2D eigenvalue weighted by Crippen LogP contribution is 2.59. The van der Waals surface area contributed by atoms with Crippen molar-refractivity contribution < 1.29 is 63.0 Å². The van der Waals surface area contributed by atoms with E-state index in [0.29, 0.717) is 6.42 Å². The smallest absolute Gasteiger partial charge is 0.338 e. The summed E-state index contributed by atoms with van der Waals surface area (Å²) in [6, 6.07) is 15.1. The van der Waals surface area contributed by atoms with E-state index < -0.39 is 112 Å². The van der Waals surface area contributed by atoms with Gasteiger partial charge >= 0.3 is 23.9 Å². The average Bonchev–Trinajstić information content (AvgIpc) is 3.90. The molecule has 0 unspecified atom stereocenters. The van der Waals surface area contributed by atoms with Crippen LogP contribution in [0.25, 0.3) is 0 Å². The van der Waals surface area contributed by atoms with Gasteiger partial charge in [0.15, 0.2) is 23.8 Å². The summed E-state index contributed by atoms with van der Waals surface area (Å²) in [5.41, 5.74) is -7.15. The fourth-order valence-electron chi connectivity index (χ4n) is 8.07. The van der Waals surface area contributed by atoms with Crippen LogP contribution in [0, 0.1) is 29.1 Å². The Morgan fingerprint density at radius 3 is 1.75 bits per heavy atom. The summed E-state index contributed by atoms with van der Waals surface area (Å²) in [4.78, 5) is 82.4. The first-order valence-corrected chi connectivity index (χ1v) is 17.0. The Labute approximate surface area is 300 Å². The lowest BCUT2D eigenvalue weighted by molar-refractivity contribution is -0.196. The molecule has 0 amide bonds. The van der Waals surface area contributed by atoms with Crippen molar-refractivity contribution in [2.45, 2.75) is 89.7 Å². The number of aliphatic hydroxyl groups is 3. The highest BCUT2D eigenvalue weighted by atomic mass is 16.6. The predicted octanol–water partition coefficient (Wildman–Crippen LogP) is 2.78. The molecule has 2 aromatic rings. The summed E-state index contributed by atoms with van der Waals surface area (Å²) < 4.78 is 23.2. The standard InChI is InChI=1S/C39H44O13/c1-19-25-18-26(25)37(5,6)32(44)28(42)30(51-35(46)24-16-12-9-13-17-24)20(2)29(50-34(45)23-14-10-8-11-15-23)27-33(49-21(3)40)38(7,48)36(47)39(27,31(19)43)52-22(4)41/h8-17,19,25-30,33,36,42,47-48H,2,18H2,1,3-7H3/t19-,25-,26+,27-,28+,29-,30-,33+,36-,38+,39+/m0/s1. The number of rotatable bonds is 6. The maximum Gasteiger partial charge on any atom is 0.338 e. The SMILES string of the molecule is C=C1[C@H](OC(=O)c2ccccc2)[C@H]2[C@@H](OC(C)=O)[C@@](C)(O)[C@H](O)[C@]2(OC(C)=O)C(=O)[C@@H](C)[C@@H]2C[C@H]2C(C)(C)C(=O)[C@H](O)[C@H]1OC(=O)c1ccccc1. The summed E-state index contributed by atoms with van der Waals surface area (Å²) in [5, 5.41) is 35.9. The van der Waals surface area contributed by atoms with Crippen molar-refractivity contribution in [3.63, 3.8) is 0 Å². The van der Waals surface area contributed by atoms with Gasteiger partial charge in [0.25, 0.3) is 0 Å². The number of esters is 4. The van der Waals surface area contributed by atoms with E-state index in [0.717, 1.165) is 20.8 Å². The predicted molar refractivity (Wildman–Crippen MR) is 181 cm³/mol. The number of benzene rings is 2. The molecule has 0 spiro atoms. The fraction of sp³-hybridized carbons (Fsp3) is 0.487. The third kappa shape index (κ3) is 6.57. The van der Waals surface area contributed by atoms with Crippen LogP contribution >= 0.6 is 0 Å². The largest absolute Gasteiger partial charge is 0.459 e. The van der Waals surface area contributed by atoms with Crippen molar-refractivity contribution >= 4 is 35.4 Å². The first kappa shape index (κ1) is 38.5. The minimum absolute atomic E-state index is 0.0232. The molecule has 3 N–H and O–H groups in total. The number of carbonyl (C=O) groups is 6. The van der Waals surface area contributed by atoms with E-state index in [4.69, 9.17) is 18.9 Å². The van der Waals surface area contributed by atoms with Gasteiger partial charge < -0.3 is 34.3 Å². The number of ether oxygens (including phenoxy) is 4. The van der Waals surface area contributed by atoms with Gasteiger partial charge in [0.1, 0.15) is 23.9 Å². The molecule has 11 atom stereocenters. The number of Topliss-reactive ketones (excluding diaryl/α,β-unsaturated/α-hetero) is 2. The molecule has 13 heteroatoms. The molecule has 5 rings (SSSR count). The molecule has 0 bridgehead atoms. The van der Waals surface area contributed by atoms with Crippen LogP contribution in [0.15, 0.2) is 72.8 Å². The summed E-state index contributed by atoms with van der Waals surface area (Å²) in [6.45, 7) is 11.7. The monoisotopic (exact) mass is 720 g/mol. The molecular formula is C39H44O13. The summed E-state index contributed by atoms with van der Waals surface area (Å²) in [5.74, 6) is -9.88. The van der Waals surface area contributed by atoms with E-state index >= 15 is 0 Å². The molecule has 3 saturated carbocycles. The zero-order valence-electron chi connectivity index (χ0n) is 29.8. The second kappa shape index (κ2) is 14.0. The second-order valence-corrected chi connectivity index (χ2v) is 14.7. The molecule has 2 aromatic carbocycles. The summed E-state index contributed by atoms with van der Waals surface area (Å²) >= 11 is 0. The molecule has 0 aliphatic heterocycles. The maximum absolute atomic E-state index is 15.0. The Bertz CT molecular complexity index is 1770. The molecular weight excluding hydrogens is 676 g/mol. The molecule has 0 heterocycles. The first-order valence-electron chi connectivity index (χ1n) is 17.0. The number of aliphatic hydroxyl groups excluding tert-OH is 2. The van der Waals surface area contributed by atoms with Gasteiger partial charge in [-0.15, -0.1) is 0 Å². The van der Waals surface area contributed by atoms with E-state index in [-0.39, 0.29) is 11.1 Å². The van der Waals surface area contributed by atoms with E-state index in [1.54, 1.807) is 38.1 Å². The molecule has 52 heavy (non-hydrogen) atoms. The normalized spacial score (nSPS) is 35.5. The number of fused-ring (bicyclic) bond motifs is 2. The quantitative estimate of drug-likeness (QED) is 0.224. The Balaban J connectivity index is 1.82. The van der Waals surface area contributed by atoms with Crippen LogP contribution in [0.5, 0.6) is 0 Å². The van der Waals surface area contributed by atoms with Gasteiger partial charge in [0.05, 0.1) is 17.0 Å². The van der Waals surface area contributed by atoms with Gasteiger partial charge in [0, 0.05) is 30.8 Å². The van der Waals surface area contributed by atoms with Crippen molar-refractivity contribution in [1.29, 1.82) is 0 Å². The third-order valence-corrected chi connectivity index (χ3v) is 10.9. The molecule has 3 aliphatic rings. The van der Waals surface area contributed by atoms with E-state index in [1.807, 2.05) is 0 Å². The zero-order valence-corrected chi connectivity index (χ0v) is 29.8. The number of carbonyl (C=O) groups excluding carboxylic acids is 6. The minimum atomic E-state index is -2.78. The van der Waals surface area contributed by atoms with Crippen LogP contribution in [0.1, 0.15) is 68.7 Å². The van der Waals surface area contributed by atoms with Crippen molar-refractivity contribution in [1.82, 2.24) is 0 Å². The van der Waals surface area contributed by atoms with Crippen molar-refractivity contribution in [3.8, 4) is 0 Å².